The molecule has 1 saturated carbocycles. The number of amides is 3. The molecule has 1 saturated heterocycles. The Balaban J connectivity index is 1.35. The predicted molar refractivity (Wildman–Crippen MR) is 122 cm³/mol. The van der Waals surface area contributed by atoms with Crippen LogP contribution >= 0.6 is 15.9 Å². The fraction of sp³-hybridized carbons (Fsp3) is 0.333. The van der Waals surface area contributed by atoms with Crippen LogP contribution in [0.2, 0.25) is 0 Å². The summed E-state index contributed by atoms with van der Waals surface area (Å²) in [6, 6.07) is 13.1. The summed E-state index contributed by atoms with van der Waals surface area (Å²) in [6.07, 6.45) is 2.42. The molecule has 2 aliphatic rings. The van der Waals surface area contributed by atoms with E-state index < -0.39 is 18.5 Å². The second-order valence-electron chi connectivity index (χ2n) is 8.32. The standard InChI is InChI=1S/C24H23BrN2O5/c1-14-2-11-19-20(12-14)23(30)27(22(19)29)18-9-3-15(4-10-18)24(31)32-13-21(28)26-17-7-5-16(25)6-8-17/h3-10,14,19-20H,2,11-13H2,1H3,(H,26,28)/t14-,19+,20+/m1/s1. The summed E-state index contributed by atoms with van der Waals surface area (Å²) in [5.74, 6) is -1.50. The lowest BCUT2D eigenvalue weighted by molar-refractivity contribution is -0.122. The maximum atomic E-state index is 12.8. The molecule has 8 heteroatoms. The first-order valence-corrected chi connectivity index (χ1v) is 11.3. The van der Waals surface area contributed by atoms with Crippen LogP contribution in [0.4, 0.5) is 11.4 Å². The normalized spacial score (nSPS) is 22.4. The third kappa shape index (κ3) is 4.60. The van der Waals surface area contributed by atoms with Gasteiger partial charge in [-0.1, -0.05) is 22.9 Å². The Hall–Kier alpha value is -3.00. The summed E-state index contributed by atoms with van der Waals surface area (Å²) >= 11 is 3.32. The first kappa shape index (κ1) is 22.2. The Kier molecular flexibility index (Phi) is 6.41. The molecule has 0 bridgehead atoms. The summed E-state index contributed by atoms with van der Waals surface area (Å²) < 4.78 is 5.96. The number of ether oxygens (including phenoxy) is 1. The van der Waals surface area contributed by atoms with E-state index in [9.17, 15) is 19.2 Å². The Morgan fingerprint density at radius 1 is 1.00 bits per heavy atom. The van der Waals surface area contributed by atoms with Crippen LogP contribution in [0.1, 0.15) is 36.5 Å². The average molecular weight is 499 g/mol. The van der Waals surface area contributed by atoms with Crippen LogP contribution < -0.4 is 10.2 Å². The van der Waals surface area contributed by atoms with Gasteiger partial charge in [-0.15, -0.1) is 0 Å². The van der Waals surface area contributed by atoms with E-state index in [0.717, 1.165) is 23.7 Å². The van der Waals surface area contributed by atoms with Crippen molar-refractivity contribution in [2.75, 3.05) is 16.8 Å². The van der Waals surface area contributed by atoms with Gasteiger partial charge in [-0.25, -0.2) is 4.79 Å². The zero-order valence-electron chi connectivity index (χ0n) is 17.5. The van der Waals surface area contributed by atoms with Crippen molar-refractivity contribution in [3.05, 3.63) is 58.6 Å². The second-order valence-corrected chi connectivity index (χ2v) is 9.24. The quantitative estimate of drug-likeness (QED) is 0.493. The zero-order valence-corrected chi connectivity index (χ0v) is 19.1. The van der Waals surface area contributed by atoms with Gasteiger partial charge in [-0.2, -0.15) is 0 Å². The molecule has 7 nitrogen and oxygen atoms in total. The first-order chi connectivity index (χ1) is 15.3. The molecule has 0 unspecified atom stereocenters. The number of esters is 1. The van der Waals surface area contributed by atoms with E-state index in [1.165, 1.54) is 17.0 Å². The van der Waals surface area contributed by atoms with E-state index in [4.69, 9.17) is 4.74 Å². The van der Waals surface area contributed by atoms with Gasteiger partial charge in [0.25, 0.3) is 5.91 Å². The van der Waals surface area contributed by atoms with Crippen LogP contribution in [0.25, 0.3) is 0 Å². The molecule has 3 amide bonds. The Labute approximate surface area is 194 Å². The van der Waals surface area contributed by atoms with Gasteiger partial charge in [0.2, 0.25) is 11.8 Å². The molecular weight excluding hydrogens is 476 g/mol. The predicted octanol–water partition coefficient (Wildman–Crippen LogP) is 4.17. The molecule has 3 atom stereocenters. The van der Waals surface area contributed by atoms with Crippen LogP contribution in [0.5, 0.6) is 0 Å². The largest absolute Gasteiger partial charge is 0.452 e. The zero-order chi connectivity index (χ0) is 22.8. The summed E-state index contributed by atoms with van der Waals surface area (Å²) in [6.45, 7) is 1.68. The maximum Gasteiger partial charge on any atom is 0.338 e. The third-order valence-corrected chi connectivity index (χ3v) is 6.54. The molecule has 2 aromatic rings. The minimum absolute atomic E-state index is 0.160. The van der Waals surface area contributed by atoms with Crippen LogP contribution in [0.3, 0.4) is 0 Å². The fourth-order valence-corrected chi connectivity index (χ4v) is 4.60. The number of carbonyl (C=O) groups excluding carboxylic acids is 4. The third-order valence-electron chi connectivity index (χ3n) is 6.01. The lowest BCUT2D eigenvalue weighted by Crippen LogP contribution is -2.30. The van der Waals surface area contributed by atoms with Crippen LogP contribution in [0, 0.1) is 17.8 Å². The van der Waals surface area contributed by atoms with Gasteiger partial charge in [0.1, 0.15) is 0 Å². The Morgan fingerprint density at radius 2 is 1.66 bits per heavy atom. The summed E-state index contributed by atoms with van der Waals surface area (Å²) in [5, 5.41) is 2.64. The number of hydrogen-bond acceptors (Lipinski definition) is 5. The number of anilines is 2. The first-order valence-electron chi connectivity index (χ1n) is 10.5. The van der Waals surface area contributed by atoms with E-state index in [1.54, 1.807) is 36.4 Å². The van der Waals surface area contributed by atoms with Crippen LogP contribution in [0.15, 0.2) is 53.0 Å². The molecule has 0 spiro atoms. The van der Waals surface area contributed by atoms with Crippen molar-refractivity contribution < 1.29 is 23.9 Å². The van der Waals surface area contributed by atoms with Gasteiger partial charge in [0.05, 0.1) is 23.1 Å². The number of carbonyl (C=O) groups is 4. The lowest BCUT2D eigenvalue weighted by Gasteiger charge is -2.25. The number of nitrogens with one attached hydrogen (secondary N) is 1. The van der Waals surface area contributed by atoms with Crippen LogP contribution in [-0.4, -0.2) is 30.3 Å². The summed E-state index contributed by atoms with van der Waals surface area (Å²) in [4.78, 5) is 51.2. The van der Waals surface area contributed by atoms with Crippen molar-refractivity contribution in [3.8, 4) is 0 Å². The molecule has 1 heterocycles. The highest BCUT2D eigenvalue weighted by atomic mass is 79.9. The van der Waals surface area contributed by atoms with Crippen molar-refractivity contribution in [2.45, 2.75) is 26.2 Å². The summed E-state index contributed by atoms with van der Waals surface area (Å²) in [7, 11) is 0. The number of benzene rings is 2. The van der Waals surface area contributed by atoms with Crippen molar-refractivity contribution in [1.29, 1.82) is 0 Å². The minimum Gasteiger partial charge on any atom is -0.452 e. The lowest BCUT2D eigenvalue weighted by atomic mass is 9.76. The van der Waals surface area contributed by atoms with Crippen molar-refractivity contribution in [2.24, 2.45) is 17.8 Å². The van der Waals surface area contributed by atoms with E-state index in [2.05, 4.69) is 28.2 Å². The van der Waals surface area contributed by atoms with Gasteiger partial charge in [-0.3, -0.25) is 19.3 Å². The van der Waals surface area contributed by atoms with Gasteiger partial charge in [0.15, 0.2) is 6.61 Å². The number of hydrogen-bond donors (Lipinski definition) is 1. The average Bonchev–Trinajstić information content (AvgIpc) is 3.03. The van der Waals surface area contributed by atoms with Gasteiger partial charge >= 0.3 is 5.97 Å². The van der Waals surface area contributed by atoms with E-state index in [-0.39, 0.29) is 29.2 Å². The molecule has 0 aromatic heterocycles. The molecule has 166 valence electrons. The molecular formula is C24H23BrN2O5. The topological polar surface area (TPSA) is 92.8 Å². The van der Waals surface area contributed by atoms with Gasteiger partial charge < -0.3 is 10.1 Å². The molecule has 0 radical (unpaired) electrons. The Morgan fingerprint density at radius 3 is 2.34 bits per heavy atom. The number of halogens is 1. The molecule has 2 aromatic carbocycles. The molecule has 4 rings (SSSR count). The van der Waals surface area contributed by atoms with Crippen LogP contribution in [-0.2, 0) is 19.1 Å². The number of fused-ring (bicyclic) bond motifs is 1. The second kappa shape index (κ2) is 9.24. The van der Waals surface area contributed by atoms with Crippen molar-refractivity contribution in [1.82, 2.24) is 0 Å². The van der Waals surface area contributed by atoms with E-state index >= 15 is 0 Å². The molecule has 1 N–H and O–H groups in total. The van der Waals surface area contributed by atoms with E-state index in [1.807, 2.05) is 0 Å². The number of nitrogens with zero attached hydrogens (tertiary/aromatic N) is 1. The van der Waals surface area contributed by atoms with Gasteiger partial charge in [0, 0.05) is 10.2 Å². The monoisotopic (exact) mass is 498 g/mol. The molecule has 32 heavy (non-hydrogen) atoms. The minimum atomic E-state index is -0.663. The maximum absolute atomic E-state index is 12.8. The molecule has 2 fully saturated rings. The fourth-order valence-electron chi connectivity index (χ4n) is 4.34. The highest BCUT2D eigenvalue weighted by Crippen LogP contribution is 2.42. The van der Waals surface area contributed by atoms with Gasteiger partial charge in [-0.05, 0) is 73.7 Å². The summed E-state index contributed by atoms with van der Waals surface area (Å²) in [5.41, 5.74) is 1.27. The molecule has 1 aliphatic carbocycles. The van der Waals surface area contributed by atoms with Crippen molar-refractivity contribution >= 4 is 51.0 Å². The SMILES string of the molecule is C[C@@H]1CC[C@@H]2C(=O)N(c3ccc(C(=O)OCC(=O)Nc4ccc(Br)cc4)cc3)C(=O)[C@H]2C1. The van der Waals surface area contributed by atoms with E-state index in [0.29, 0.717) is 17.3 Å². The Bertz CT molecular complexity index is 1050. The highest BCUT2D eigenvalue weighted by molar-refractivity contribution is 9.10. The smallest absolute Gasteiger partial charge is 0.338 e. The highest BCUT2D eigenvalue weighted by Gasteiger charge is 2.49. The molecule has 1 aliphatic heterocycles. The number of imide groups is 1. The van der Waals surface area contributed by atoms with Crippen molar-refractivity contribution in [3.63, 3.8) is 0 Å². The number of rotatable bonds is 5.